The van der Waals surface area contributed by atoms with E-state index in [1.54, 1.807) is 6.92 Å². The minimum Gasteiger partial charge on any atom is -0.429 e. The van der Waals surface area contributed by atoms with Crippen LogP contribution in [-0.4, -0.2) is 10.1 Å². The smallest absolute Gasteiger partial charge is 0.429 e. The van der Waals surface area contributed by atoms with Crippen LogP contribution < -0.4 is 56.5 Å². The molecule has 1 aromatic rings. The fraction of sp³-hybridized carbons (Fsp3) is 0.600. The topological polar surface area (TPSA) is 39.9 Å². The van der Waals surface area contributed by atoms with Gasteiger partial charge in [-0.25, -0.2) is 0 Å². The second kappa shape index (κ2) is 8.78. The van der Waals surface area contributed by atoms with Crippen molar-refractivity contribution in [3.8, 4) is 0 Å². The molecule has 0 aliphatic heterocycles. The normalized spacial score (nSPS) is 6.56. The Morgan fingerprint density at radius 2 is 2.00 bits per heavy atom. The van der Waals surface area contributed by atoms with Crippen LogP contribution in [0.5, 0.6) is 0 Å². The predicted molar refractivity (Wildman–Crippen MR) is 31.4 cm³/mol. The van der Waals surface area contributed by atoms with Crippen molar-refractivity contribution in [1.82, 2.24) is 15.2 Å². The Morgan fingerprint density at radius 3 is 2.11 bits per heavy atom. The van der Waals surface area contributed by atoms with Crippen LogP contribution in [0, 0.1) is 6.92 Å². The summed E-state index contributed by atoms with van der Waals surface area (Å²) in [5, 5.41) is 7.02. The van der Waals surface area contributed by atoms with E-state index in [0.717, 1.165) is 5.82 Å². The molecule has 0 N–H and O–H groups in total. The molecule has 0 fully saturated rings. The summed E-state index contributed by atoms with van der Waals surface area (Å²) >= 11 is 0. The maximum Gasteiger partial charge on any atom is 1.00 e. The summed E-state index contributed by atoms with van der Waals surface area (Å²) in [6, 6.07) is 0. The summed E-state index contributed by atoms with van der Waals surface area (Å²) < 4.78 is 0. The third-order valence-corrected chi connectivity index (χ3v) is 0.499. The number of hydrogen-bond acceptors (Lipinski definition) is 2. The minimum atomic E-state index is 0. The van der Waals surface area contributed by atoms with Crippen LogP contribution in [0.15, 0.2) is 6.33 Å². The summed E-state index contributed by atoms with van der Waals surface area (Å²) in [6.07, 6.45) is 1.43. The Bertz CT molecular complexity index is 116. The van der Waals surface area contributed by atoms with Gasteiger partial charge in [0, 0.05) is 6.33 Å². The van der Waals surface area contributed by atoms with Gasteiger partial charge in [0.05, 0.1) is 0 Å². The molecule has 0 unspecified atom stereocenters. The van der Waals surface area contributed by atoms with Gasteiger partial charge >= 0.3 is 51.4 Å². The Morgan fingerprint density at radius 1 is 1.44 bits per heavy atom. The Labute approximate surface area is 98.1 Å². The van der Waals surface area contributed by atoms with Gasteiger partial charge in [0.1, 0.15) is 0 Å². The summed E-state index contributed by atoms with van der Waals surface area (Å²) in [4.78, 5) is 3.69. The zero-order valence-corrected chi connectivity index (χ0v) is 9.54. The standard InChI is InChI=1S/C3H4N3.C2H6.K/c1-3-4-2-5-6-3;1-2;/h2H,1H3;1-2H3;/q-1;;+1. The van der Waals surface area contributed by atoms with Crippen LogP contribution >= 0.6 is 0 Å². The molecule has 1 aromatic heterocycles. The van der Waals surface area contributed by atoms with E-state index in [4.69, 9.17) is 0 Å². The molecule has 0 aliphatic rings. The van der Waals surface area contributed by atoms with Gasteiger partial charge in [0.2, 0.25) is 0 Å². The molecule has 0 spiro atoms. The van der Waals surface area contributed by atoms with Crippen LogP contribution in [0.3, 0.4) is 0 Å². The second-order valence-electron chi connectivity index (χ2n) is 1.01. The molecule has 9 heavy (non-hydrogen) atoms. The van der Waals surface area contributed by atoms with Crippen molar-refractivity contribution in [3.05, 3.63) is 12.2 Å². The number of nitrogens with zero attached hydrogens (tertiary/aromatic N) is 3. The third-order valence-electron chi connectivity index (χ3n) is 0.499. The minimum absolute atomic E-state index is 0. The van der Waals surface area contributed by atoms with Gasteiger partial charge in [-0.1, -0.05) is 19.7 Å². The number of hydrogen-bond donors (Lipinski definition) is 0. The van der Waals surface area contributed by atoms with Crippen LogP contribution in [0.2, 0.25) is 0 Å². The fourth-order valence-corrected chi connectivity index (χ4v) is 0.245. The summed E-state index contributed by atoms with van der Waals surface area (Å²) in [7, 11) is 0. The monoisotopic (exact) mass is 151 g/mol. The molecule has 0 aliphatic carbocycles. The van der Waals surface area contributed by atoms with E-state index in [1.807, 2.05) is 13.8 Å². The van der Waals surface area contributed by atoms with Crippen LogP contribution in [0.4, 0.5) is 0 Å². The van der Waals surface area contributed by atoms with Crippen molar-refractivity contribution >= 4 is 0 Å². The molecule has 0 aromatic carbocycles. The summed E-state index contributed by atoms with van der Waals surface area (Å²) in [6.45, 7) is 5.80. The van der Waals surface area contributed by atoms with Gasteiger partial charge in [-0.2, -0.15) is 0 Å². The third kappa shape index (κ3) is 6.66. The quantitative estimate of drug-likeness (QED) is 0.394. The van der Waals surface area contributed by atoms with Gasteiger partial charge < -0.3 is 10.1 Å². The summed E-state index contributed by atoms with van der Waals surface area (Å²) in [5.74, 6) is 0.731. The molecule has 1 rings (SSSR count). The molecule has 1 heterocycles. The molecule has 3 nitrogen and oxygen atoms in total. The van der Waals surface area contributed by atoms with Crippen molar-refractivity contribution in [2.45, 2.75) is 20.8 Å². The molecular weight excluding hydrogens is 141 g/mol. The van der Waals surface area contributed by atoms with Gasteiger partial charge in [-0.05, 0) is 6.92 Å². The van der Waals surface area contributed by atoms with Crippen molar-refractivity contribution in [1.29, 1.82) is 0 Å². The Hall–Kier alpha value is 0.776. The van der Waals surface area contributed by atoms with Crippen molar-refractivity contribution in [2.24, 2.45) is 0 Å². The van der Waals surface area contributed by atoms with E-state index in [0.29, 0.717) is 0 Å². The molecule has 0 saturated heterocycles. The van der Waals surface area contributed by atoms with E-state index in [9.17, 15) is 0 Å². The zero-order valence-electron chi connectivity index (χ0n) is 6.42. The van der Waals surface area contributed by atoms with E-state index in [2.05, 4.69) is 15.2 Å². The first kappa shape index (κ1) is 12.5. The molecule has 46 valence electrons. The van der Waals surface area contributed by atoms with Gasteiger partial charge in [-0.3, -0.25) is 5.10 Å². The van der Waals surface area contributed by atoms with Crippen molar-refractivity contribution < 1.29 is 51.4 Å². The van der Waals surface area contributed by atoms with Crippen LogP contribution in [0.25, 0.3) is 0 Å². The van der Waals surface area contributed by atoms with Gasteiger partial charge in [-0.15, -0.1) is 0 Å². The fourth-order valence-electron chi connectivity index (χ4n) is 0.245. The maximum atomic E-state index is 3.69. The second-order valence-corrected chi connectivity index (χ2v) is 1.01. The van der Waals surface area contributed by atoms with Gasteiger partial charge in [0.25, 0.3) is 0 Å². The first-order valence-corrected chi connectivity index (χ1v) is 2.66. The molecule has 0 amide bonds. The van der Waals surface area contributed by atoms with Crippen molar-refractivity contribution in [3.63, 3.8) is 0 Å². The molecule has 0 atom stereocenters. The van der Waals surface area contributed by atoms with E-state index in [1.165, 1.54) is 6.33 Å². The summed E-state index contributed by atoms with van der Waals surface area (Å²) in [5.41, 5.74) is 0. The molecule has 0 saturated carbocycles. The largest absolute Gasteiger partial charge is 1.00 e. The first-order chi connectivity index (χ1) is 3.89. The number of rotatable bonds is 0. The number of aryl methyl sites for hydroxylation is 1. The van der Waals surface area contributed by atoms with E-state index in [-0.39, 0.29) is 51.4 Å². The predicted octanol–water partition coefficient (Wildman–Crippen LogP) is -2.23. The van der Waals surface area contributed by atoms with Gasteiger partial charge in [0.15, 0.2) is 0 Å². The molecule has 0 bridgehead atoms. The number of aromatic nitrogens is 3. The van der Waals surface area contributed by atoms with Crippen molar-refractivity contribution in [2.75, 3.05) is 0 Å². The van der Waals surface area contributed by atoms with E-state index < -0.39 is 0 Å². The Kier molecular flexibility index (Phi) is 12.1. The SMILES string of the molecule is CC.Cc1ncn[n-]1.[K+]. The first-order valence-electron chi connectivity index (χ1n) is 2.66. The average Bonchev–Trinajstić information content (AvgIpc) is 2.24. The molecule has 0 radical (unpaired) electrons. The van der Waals surface area contributed by atoms with Crippen LogP contribution in [0.1, 0.15) is 19.7 Å². The van der Waals surface area contributed by atoms with E-state index >= 15 is 0 Å². The van der Waals surface area contributed by atoms with Crippen LogP contribution in [-0.2, 0) is 0 Å². The Balaban J connectivity index is 0. The zero-order chi connectivity index (χ0) is 6.41. The molecule has 4 heteroatoms. The average molecular weight is 151 g/mol. The maximum absolute atomic E-state index is 3.69. The molecular formula is C5H10KN3.